The fourth-order valence-electron chi connectivity index (χ4n) is 4.09. The van der Waals surface area contributed by atoms with Gasteiger partial charge in [0.25, 0.3) is 0 Å². The highest BCUT2D eigenvalue weighted by molar-refractivity contribution is 5.84. The zero-order chi connectivity index (χ0) is 21.7. The van der Waals surface area contributed by atoms with Crippen LogP contribution in [0, 0.1) is 12.3 Å². The average Bonchev–Trinajstić information content (AvgIpc) is 2.83. The van der Waals surface area contributed by atoms with Gasteiger partial charge >= 0.3 is 12.1 Å². The molecule has 1 amide bonds. The second-order valence-corrected chi connectivity index (χ2v) is 7.77. The van der Waals surface area contributed by atoms with Crippen molar-refractivity contribution in [3.8, 4) is 0 Å². The van der Waals surface area contributed by atoms with Crippen LogP contribution in [0.4, 0.5) is 13.2 Å². The summed E-state index contributed by atoms with van der Waals surface area (Å²) in [4.78, 5) is 26.2. The molecule has 0 bridgehead atoms. The second kappa shape index (κ2) is 9.61. The molecule has 2 aliphatic heterocycles. The zero-order valence-electron chi connectivity index (χ0n) is 17.0. The van der Waals surface area contributed by atoms with Crippen LogP contribution in [0.2, 0.25) is 0 Å². The number of rotatable bonds is 3. The molecule has 162 valence electrons. The maximum absolute atomic E-state index is 12.7. The highest BCUT2D eigenvalue weighted by atomic mass is 19.4. The first-order valence-corrected chi connectivity index (χ1v) is 9.95. The van der Waals surface area contributed by atoms with Gasteiger partial charge < -0.3 is 10.0 Å². The van der Waals surface area contributed by atoms with Crippen molar-refractivity contribution in [1.29, 1.82) is 0 Å². The molecule has 1 aromatic carbocycles. The van der Waals surface area contributed by atoms with Crippen LogP contribution < -0.4 is 0 Å². The van der Waals surface area contributed by atoms with Crippen LogP contribution in [0.25, 0.3) is 0 Å². The minimum Gasteiger partial charge on any atom is -0.475 e. The van der Waals surface area contributed by atoms with E-state index in [-0.39, 0.29) is 5.41 Å². The van der Waals surface area contributed by atoms with Crippen molar-refractivity contribution >= 4 is 11.9 Å². The summed E-state index contributed by atoms with van der Waals surface area (Å²) in [6.07, 6.45) is -0.756. The maximum atomic E-state index is 12.7. The normalized spacial score (nSPS) is 22.9. The topological polar surface area (TPSA) is 60.9 Å². The van der Waals surface area contributed by atoms with Crippen molar-refractivity contribution in [1.82, 2.24) is 9.80 Å². The van der Waals surface area contributed by atoms with Gasteiger partial charge in [0.15, 0.2) is 0 Å². The lowest BCUT2D eigenvalue weighted by Gasteiger charge is -2.26. The molecule has 0 aromatic heterocycles. The van der Waals surface area contributed by atoms with Crippen molar-refractivity contribution in [3.05, 3.63) is 35.4 Å². The van der Waals surface area contributed by atoms with Gasteiger partial charge in [0, 0.05) is 19.6 Å². The average molecular weight is 414 g/mol. The van der Waals surface area contributed by atoms with E-state index in [1.807, 2.05) is 0 Å². The summed E-state index contributed by atoms with van der Waals surface area (Å²) >= 11 is 0. The van der Waals surface area contributed by atoms with E-state index in [1.165, 1.54) is 11.1 Å². The van der Waals surface area contributed by atoms with Gasteiger partial charge in [-0.15, -0.1) is 0 Å². The summed E-state index contributed by atoms with van der Waals surface area (Å²) in [5, 5.41) is 7.12. The molecule has 1 spiro atoms. The number of likely N-dealkylation sites (tertiary alicyclic amines) is 2. The van der Waals surface area contributed by atoms with E-state index in [9.17, 15) is 18.0 Å². The molecule has 1 aromatic rings. The zero-order valence-corrected chi connectivity index (χ0v) is 17.0. The molecule has 2 saturated heterocycles. The molecule has 2 fully saturated rings. The SMILES string of the molecule is CCN1CCC2(CCCN(Cc3ccccc3C)CC2)C1=O.O=C(O)C(F)(F)F. The Morgan fingerprint density at radius 2 is 1.76 bits per heavy atom. The number of hydrogen-bond donors (Lipinski definition) is 1. The Kier molecular flexibility index (Phi) is 7.68. The molecule has 0 aliphatic carbocycles. The summed E-state index contributed by atoms with van der Waals surface area (Å²) in [7, 11) is 0. The summed E-state index contributed by atoms with van der Waals surface area (Å²) < 4.78 is 31.7. The molecular formula is C21H29F3N2O3. The number of benzene rings is 1. The fraction of sp³-hybridized carbons (Fsp3) is 0.619. The Hall–Kier alpha value is -2.09. The number of aliphatic carboxylic acids is 1. The van der Waals surface area contributed by atoms with Crippen molar-refractivity contribution in [2.45, 2.75) is 52.3 Å². The number of alkyl halides is 3. The molecule has 5 nitrogen and oxygen atoms in total. The monoisotopic (exact) mass is 414 g/mol. The lowest BCUT2D eigenvalue weighted by molar-refractivity contribution is -0.192. The van der Waals surface area contributed by atoms with Gasteiger partial charge in [-0.1, -0.05) is 24.3 Å². The van der Waals surface area contributed by atoms with Crippen LogP contribution in [0.3, 0.4) is 0 Å². The maximum Gasteiger partial charge on any atom is 0.490 e. The first kappa shape index (κ1) is 23.2. The van der Waals surface area contributed by atoms with Gasteiger partial charge in [-0.3, -0.25) is 9.69 Å². The summed E-state index contributed by atoms with van der Waals surface area (Å²) in [5.41, 5.74) is 2.75. The first-order chi connectivity index (χ1) is 13.6. The van der Waals surface area contributed by atoms with E-state index in [0.29, 0.717) is 5.91 Å². The molecule has 29 heavy (non-hydrogen) atoms. The lowest BCUT2D eigenvalue weighted by Crippen LogP contribution is -2.35. The largest absolute Gasteiger partial charge is 0.490 e. The van der Waals surface area contributed by atoms with E-state index in [1.54, 1.807) is 0 Å². The first-order valence-electron chi connectivity index (χ1n) is 9.95. The Morgan fingerprint density at radius 1 is 1.14 bits per heavy atom. The predicted molar refractivity (Wildman–Crippen MR) is 103 cm³/mol. The third-order valence-electron chi connectivity index (χ3n) is 5.92. The highest BCUT2D eigenvalue weighted by Crippen LogP contribution is 2.41. The summed E-state index contributed by atoms with van der Waals surface area (Å²) in [6.45, 7) is 9.31. The molecule has 0 saturated carbocycles. The van der Waals surface area contributed by atoms with Crippen molar-refractivity contribution in [2.24, 2.45) is 5.41 Å². The summed E-state index contributed by atoms with van der Waals surface area (Å²) in [5.74, 6) is -2.33. The van der Waals surface area contributed by atoms with Gasteiger partial charge in [0.1, 0.15) is 0 Å². The van der Waals surface area contributed by atoms with Gasteiger partial charge in [-0.25, -0.2) is 4.79 Å². The Bertz CT molecular complexity index is 723. The molecule has 3 rings (SSSR count). The predicted octanol–water partition coefficient (Wildman–Crippen LogP) is 3.85. The molecule has 1 atom stereocenters. The number of carboxylic acid groups (broad SMARTS) is 1. The number of amides is 1. The number of carboxylic acids is 1. The van der Waals surface area contributed by atoms with Crippen molar-refractivity contribution in [2.75, 3.05) is 26.2 Å². The van der Waals surface area contributed by atoms with Crippen LogP contribution >= 0.6 is 0 Å². The minimum atomic E-state index is -5.08. The van der Waals surface area contributed by atoms with E-state index >= 15 is 0 Å². The third kappa shape index (κ3) is 5.95. The summed E-state index contributed by atoms with van der Waals surface area (Å²) in [6, 6.07) is 8.65. The fourth-order valence-corrected chi connectivity index (χ4v) is 4.09. The van der Waals surface area contributed by atoms with E-state index in [2.05, 4.69) is 47.9 Å². The number of carbonyl (C=O) groups is 2. The number of aryl methyl sites for hydroxylation is 1. The molecule has 1 unspecified atom stereocenters. The number of nitrogens with zero attached hydrogens (tertiary/aromatic N) is 2. The van der Waals surface area contributed by atoms with Crippen LogP contribution in [-0.2, 0) is 16.1 Å². The quantitative estimate of drug-likeness (QED) is 0.816. The van der Waals surface area contributed by atoms with E-state index in [4.69, 9.17) is 9.90 Å². The van der Waals surface area contributed by atoms with Crippen LogP contribution in [-0.4, -0.2) is 59.1 Å². The van der Waals surface area contributed by atoms with E-state index < -0.39 is 12.1 Å². The molecule has 0 radical (unpaired) electrons. The van der Waals surface area contributed by atoms with Crippen molar-refractivity contribution in [3.63, 3.8) is 0 Å². The third-order valence-corrected chi connectivity index (χ3v) is 5.92. The smallest absolute Gasteiger partial charge is 0.475 e. The Morgan fingerprint density at radius 3 is 2.31 bits per heavy atom. The molecule has 8 heteroatoms. The number of halogens is 3. The van der Waals surface area contributed by atoms with Gasteiger partial charge in [0.05, 0.1) is 5.41 Å². The van der Waals surface area contributed by atoms with E-state index in [0.717, 1.165) is 58.4 Å². The van der Waals surface area contributed by atoms with Gasteiger partial charge in [-0.05, 0) is 63.7 Å². The second-order valence-electron chi connectivity index (χ2n) is 7.77. The lowest BCUT2D eigenvalue weighted by atomic mass is 9.79. The Balaban J connectivity index is 0.000000370. The molecule has 1 N–H and O–H groups in total. The molecular weight excluding hydrogens is 385 g/mol. The van der Waals surface area contributed by atoms with Gasteiger partial charge in [-0.2, -0.15) is 13.2 Å². The number of carbonyl (C=O) groups excluding carboxylic acids is 1. The standard InChI is InChI=1S/C19H28N2O.C2HF3O2/c1-3-21-14-11-19(18(21)22)9-6-12-20(13-10-19)15-17-8-5-4-7-16(17)2;3-2(4,5)1(6)7/h4-5,7-8H,3,6,9-15H2,1-2H3;(H,6,7). The minimum absolute atomic E-state index is 0.0451. The Labute approximate surface area is 169 Å². The van der Waals surface area contributed by atoms with Gasteiger partial charge in [0.2, 0.25) is 5.91 Å². The molecule has 2 aliphatic rings. The van der Waals surface area contributed by atoms with Crippen LogP contribution in [0.5, 0.6) is 0 Å². The van der Waals surface area contributed by atoms with Crippen LogP contribution in [0.1, 0.15) is 43.7 Å². The highest BCUT2D eigenvalue weighted by Gasteiger charge is 2.46. The van der Waals surface area contributed by atoms with Crippen molar-refractivity contribution < 1.29 is 27.9 Å². The number of hydrogen-bond acceptors (Lipinski definition) is 3. The molecule has 2 heterocycles. The van der Waals surface area contributed by atoms with Crippen LogP contribution in [0.15, 0.2) is 24.3 Å².